The van der Waals surface area contributed by atoms with Gasteiger partial charge in [0, 0.05) is 13.5 Å². The summed E-state index contributed by atoms with van der Waals surface area (Å²) in [4.78, 5) is 15.3. The third kappa shape index (κ3) is 2.63. The summed E-state index contributed by atoms with van der Waals surface area (Å²) in [6, 6.07) is 6.34. The van der Waals surface area contributed by atoms with Crippen molar-refractivity contribution in [2.45, 2.75) is 11.6 Å². The molecule has 0 saturated heterocycles. The van der Waals surface area contributed by atoms with Crippen molar-refractivity contribution < 1.29 is 14.3 Å². The Morgan fingerprint density at radius 1 is 1.47 bits per heavy atom. The molecule has 0 atom stereocenters. The lowest BCUT2D eigenvalue weighted by atomic mass is 10.1. The summed E-state index contributed by atoms with van der Waals surface area (Å²) >= 11 is 1.36. The summed E-state index contributed by atoms with van der Waals surface area (Å²) in [7, 11) is 1.74. The van der Waals surface area contributed by atoms with E-state index in [1.807, 2.05) is 6.26 Å². The molecule has 1 aromatic heterocycles. The Labute approximate surface area is 114 Å². The zero-order chi connectivity index (χ0) is 14.0. The second-order valence-electron chi connectivity index (χ2n) is 4.03. The Hall–Kier alpha value is -1.82. The lowest BCUT2D eigenvalue weighted by Crippen LogP contribution is -2.07. The first-order valence-electron chi connectivity index (χ1n) is 5.61. The van der Waals surface area contributed by atoms with E-state index >= 15 is 0 Å². The number of nitrogens with zero attached hydrogens (tertiary/aromatic N) is 2. The quantitative estimate of drug-likeness (QED) is 0.875. The molecule has 0 spiro atoms. The van der Waals surface area contributed by atoms with Crippen LogP contribution in [0.5, 0.6) is 0 Å². The molecule has 0 unspecified atom stereocenters. The standard InChI is InChI=1S/C13H13FN2O2S/c1-16-10(7-8-5-3-4-6-9(8)14)11(12(17)18)15-13(16)19-2/h3-6H,7H2,1-2H3,(H,17,18). The highest BCUT2D eigenvalue weighted by atomic mass is 32.2. The molecule has 1 N–H and O–H groups in total. The topological polar surface area (TPSA) is 55.1 Å². The lowest BCUT2D eigenvalue weighted by molar-refractivity contribution is 0.0689. The predicted molar refractivity (Wildman–Crippen MR) is 71.2 cm³/mol. The Bertz CT molecular complexity index is 625. The molecule has 0 aliphatic rings. The number of aromatic nitrogens is 2. The molecular formula is C13H13FN2O2S. The van der Waals surface area contributed by atoms with Crippen LogP contribution in [-0.4, -0.2) is 26.9 Å². The molecule has 2 rings (SSSR count). The van der Waals surface area contributed by atoms with Crippen molar-refractivity contribution >= 4 is 17.7 Å². The number of hydrogen-bond acceptors (Lipinski definition) is 3. The van der Waals surface area contributed by atoms with Crippen molar-refractivity contribution in [3.63, 3.8) is 0 Å². The molecule has 6 heteroatoms. The molecule has 0 aliphatic carbocycles. The van der Waals surface area contributed by atoms with E-state index in [1.54, 1.807) is 29.8 Å². The first-order chi connectivity index (χ1) is 9.04. The van der Waals surface area contributed by atoms with Crippen molar-refractivity contribution in [3.8, 4) is 0 Å². The summed E-state index contributed by atoms with van der Waals surface area (Å²) in [6.45, 7) is 0. The Kier molecular flexibility index (Phi) is 3.90. The van der Waals surface area contributed by atoms with Gasteiger partial charge in [-0.1, -0.05) is 30.0 Å². The van der Waals surface area contributed by atoms with Crippen LogP contribution in [0.2, 0.25) is 0 Å². The average molecular weight is 280 g/mol. The average Bonchev–Trinajstić information content (AvgIpc) is 2.69. The summed E-state index contributed by atoms with van der Waals surface area (Å²) < 4.78 is 15.3. The van der Waals surface area contributed by atoms with E-state index in [9.17, 15) is 9.18 Å². The van der Waals surface area contributed by atoms with Crippen LogP contribution in [0.4, 0.5) is 4.39 Å². The zero-order valence-electron chi connectivity index (χ0n) is 10.6. The number of benzene rings is 1. The molecule has 100 valence electrons. The fraction of sp³-hybridized carbons (Fsp3) is 0.231. The second-order valence-corrected chi connectivity index (χ2v) is 4.80. The number of thioether (sulfide) groups is 1. The Morgan fingerprint density at radius 3 is 2.74 bits per heavy atom. The monoisotopic (exact) mass is 280 g/mol. The Morgan fingerprint density at radius 2 is 2.16 bits per heavy atom. The van der Waals surface area contributed by atoms with Crippen molar-refractivity contribution in [1.29, 1.82) is 0 Å². The van der Waals surface area contributed by atoms with Crippen LogP contribution in [0.25, 0.3) is 0 Å². The molecule has 0 aliphatic heterocycles. The lowest BCUT2D eigenvalue weighted by Gasteiger charge is -2.06. The number of aromatic carboxylic acids is 1. The molecule has 0 fully saturated rings. The van der Waals surface area contributed by atoms with Gasteiger partial charge in [-0.05, 0) is 17.9 Å². The van der Waals surface area contributed by atoms with Gasteiger partial charge in [-0.2, -0.15) is 0 Å². The van der Waals surface area contributed by atoms with Crippen LogP contribution >= 0.6 is 11.8 Å². The maximum Gasteiger partial charge on any atom is 0.356 e. The summed E-state index contributed by atoms with van der Waals surface area (Å²) in [5.41, 5.74) is 0.942. The van der Waals surface area contributed by atoms with Crippen molar-refractivity contribution in [3.05, 3.63) is 47.0 Å². The van der Waals surface area contributed by atoms with E-state index in [2.05, 4.69) is 4.98 Å². The molecule has 4 nitrogen and oxygen atoms in total. The molecule has 0 amide bonds. The van der Waals surface area contributed by atoms with Gasteiger partial charge in [0.05, 0.1) is 5.69 Å². The maximum absolute atomic E-state index is 13.6. The Balaban J connectivity index is 2.47. The molecule has 1 heterocycles. The van der Waals surface area contributed by atoms with E-state index in [0.29, 0.717) is 16.4 Å². The van der Waals surface area contributed by atoms with Gasteiger partial charge in [0.15, 0.2) is 10.9 Å². The predicted octanol–water partition coefficient (Wildman–Crippen LogP) is 2.57. The van der Waals surface area contributed by atoms with Crippen LogP contribution in [0.3, 0.4) is 0 Å². The van der Waals surface area contributed by atoms with Gasteiger partial charge in [0.2, 0.25) is 0 Å². The molecular weight excluding hydrogens is 267 g/mol. The highest BCUT2D eigenvalue weighted by Gasteiger charge is 2.20. The van der Waals surface area contributed by atoms with Crippen molar-refractivity contribution in [2.24, 2.45) is 7.05 Å². The highest BCUT2D eigenvalue weighted by molar-refractivity contribution is 7.98. The first-order valence-corrected chi connectivity index (χ1v) is 6.83. The highest BCUT2D eigenvalue weighted by Crippen LogP contribution is 2.22. The van der Waals surface area contributed by atoms with E-state index < -0.39 is 5.97 Å². The second kappa shape index (κ2) is 5.44. The normalized spacial score (nSPS) is 10.7. The number of rotatable bonds is 4. The summed E-state index contributed by atoms with van der Waals surface area (Å²) in [5.74, 6) is -1.44. The molecule has 1 aromatic carbocycles. The third-order valence-corrected chi connectivity index (χ3v) is 3.60. The molecule has 2 aromatic rings. The van der Waals surface area contributed by atoms with E-state index in [-0.39, 0.29) is 17.9 Å². The number of imidazole rings is 1. The van der Waals surface area contributed by atoms with Gasteiger partial charge >= 0.3 is 5.97 Å². The first kappa shape index (κ1) is 13.6. The third-order valence-electron chi connectivity index (χ3n) is 2.87. The van der Waals surface area contributed by atoms with E-state index in [0.717, 1.165) is 0 Å². The van der Waals surface area contributed by atoms with Gasteiger partial charge in [-0.25, -0.2) is 14.2 Å². The largest absolute Gasteiger partial charge is 0.476 e. The summed E-state index contributed by atoms with van der Waals surface area (Å²) in [6.07, 6.45) is 2.03. The molecule has 19 heavy (non-hydrogen) atoms. The van der Waals surface area contributed by atoms with Crippen LogP contribution in [0.1, 0.15) is 21.7 Å². The van der Waals surface area contributed by atoms with Gasteiger partial charge in [-0.3, -0.25) is 0 Å². The minimum atomic E-state index is -1.10. The van der Waals surface area contributed by atoms with Gasteiger partial charge < -0.3 is 9.67 Å². The minimum Gasteiger partial charge on any atom is -0.476 e. The zero-order valence-corrected chi connectivity index (χ0v) is 11.4. The van der Waals surface area contributed by atoms with E-state index in [4.69, 9.17) is 5.11 Å². The minimum absolute atomic E-state index is 0.0184. The molecule has 0 radical (unpaired) electrons. The van der Waals surface area contributed by atoms with Crippen LogP contribution in [0, 0.1) is 5.82 Å². The molecule has 0 bridgehead atoms. The number of carbonyl (C=O) groups is 1. The van der Waals surface area contributed by atoms with Crippen LogP contribution in [-0.2, 0) is 13.5 Å². The van der Waals surface area contributed by atoms with Gasteiger partial charge in [0.1, 0.15) is 5.82 Å². The van der Waals surface area contributed by atoms with Gasteiger partial charge in [0.25, 0.3) is 0 Å². The van der Waals surface area contributed by atoms with Crippen LogP contribution < -0.4 is 0 Å². The maximum atomic E-state index is 13.6. The number of halogens is 1. The smallest absolute Gasteiger partial charge is 0.356 e. The SMILES string of the molecule is CSc1nc(C(=O)O)c(Cc2ccccc2F)n1C. The van der Waals surface area contributed by atoms with Crippen molar-refractivity contribution in [2.75, 3.05) is 6.26 Å². The fourth-order valence-electron chi connectivity index (χ4n) is 1.89. The number of carboxylic acid groups (broad SMARTS) is 1. The summed E-state index contributed by atoms with van der Waals surface area (Å²) in [5, 5.41) is 9.77. The number of carboxylic acids is 1. The fourth-order valence-corrected chi connectivity index (χ4v) is 2.45. The van der Waals surface area contributed by atoms with Crippen molar-refractivity contribution in [1.82, 2.24) is 9.55 Å². The number of hydrogen-bond donors (Lipinski definition) is 1. The van der Waals surface area contributed by atoms with Gasteiger partial charge in [-0.15, -0.1) is 0 Å². The molecule has 0 saturated carbocycles. The van der Waals surface area contributed by atoms with E-state index in [1.165, 1.54) is 17.8 Å². The van der Waals surface area contributed by atoms with Crippen LogP contribution in [0.15, 0.2) is 29.4 Å².